The molecule has 1 aromatic rings. The van der Waals surface area contributed by atoms with Crippen LogP contribution in [0.4, 0.5) is 0 Å². The van der Waals surface area contributed by atoms with E-state index in [0.717, 1.165) is 0 Å². The number of hydrogen-bond acceptors (Lipinski definition) is 3. The number of hydrogen-bond donors (Lipinski definition) is 2. The summed E-state index contributed by atoms with van der Waals surface area (Å²) in [6.45, 7) is 0. The van der Waals surface area contributed by atoms with Gasteiger partial charge in [-0.05, 0) is 12.1 Å². The Morgan fingerprint density at radius 1 is 1.17 bits per heavy atom. The summed E-state index contributed by atoms with van der Waals surface area (Å²) in [6, 6.07) is 6.28. The zero-order valence-electron chi connectivity index (χ0n) is 5.97. The minimum atomic E-state index is 0. The Bertz CT molecular complexity index is 210. The van der Waals surface area contributed by atoms with Crippen LogP contribution in [0, 0.1) is 0 Å². The van der Waals surface area contributed by atoms with Gasteiger partial charge in [-0.15, -0.1) is 37.2 Å². The fourth-order valence-corrected chi connectivity index (χ4v) is 0.557. The van der Waals surface area contributed by atoms with E-state index < -0.39 is 0 Å². The van der Waals surface area contributed by atoms with Crippen molar-refractivity contribution < 1.29 is 9.94 Å². The molecule has 0 aliphatic carbocycles. The summed E-state index contributed by atoms with van der Waals surface area (Å²) in [4.78, 5) is 4.34. The minimum absolute atomic E-state index is 0. The van der Waals surface area contributed by atoms with Crippen LogP contribution in [-0.2, 0) is 0 Å². The maximum absolute atomic E-state index is 8.81. The van der Waals surface area contributed by atoms with Crippen LogP contribution < -0.4 is 10.7 Å². The lowest BCUT2D eigenvalue weighted by Gasteiger charge is -1.95. The molecule has 0 unspecified atom stereocenters. The van der Waals surface area contributed by atoms with Crippen LogP contribution in [0.2, 0.25) is 0 Å². The van der Waals surface area contributed by atoms with Crippen molar-refractivity contribution in [3.05, 3.63) is 24.3 Å². The second-order valence-electron chi connectivity index (χ2n) is 1.62. The molecule has 0 bridgehead atoms. The molecule has 0 aliphatic rings. The lowest BCUT2D eigenvalue weighted by atomic mass is 10.3. The molecule has 12 heavy (non-hydrogen) atoms. The summed E-state index contributed by atoms with van der Waals surface area (Å²) in [5, 5.41) is 8.81. The number of rotatable bonds is 1. The van der Waals surface area contributed by atoms with Crippen molar-refractivity contribution in [3.63, 3.8) is 0 Å². The van der Waals surface area contributed by atoms with Crippen LogP contribution in [0.25, 0.3) is 0 Å². The van der Waals surface area contributed by atoms with Gasteiger partial charge in [0.15, 0.2) is 5.75 Å². The van der Waals surface area contributed by atoms with E-state index in [-0.39, 0.29) is 43.0 Å². The first-order valence-corrected chi connectivity index (χ1v) is 2.48. The van der Waals surface area contributed by atoms with Crippen LogP contribution in [-0.4, -0.2) is 5.11 Å². The van der Waals surface area contributed by atoms with Gasteiger partial charge in [-0.25, -0.2) is 0 Å². The predicted octanol–water partition coefficient (Wildman–Crippen LogP) is 1.91. The van der Waals surface area contributed by atoms with Gasteiger partial charge in [0.05, 0.1) is 0 Å². The molecule has 0 aromatic heterocycles. The summed E-state index contributed by atoms with van der Waals surface area (Å²) in [5.41, 5.74) is 0. The summed E-state index contributed by atoms with van der Waals surface area (Å²) in [5.74, 6) is 5.41. The van der Waals surface area contributed by atoms with Crippen molar-refractivity contribution in [1.29, 1.82) is 0 Å². The third-order valence-electron chi connectivity index (χ3n) is 0.954. The van der Waals surface area contributed by atoms with Gasteiger partial charge in [0.2, 0.25) is 0 Å². The van der Waals surface area contributed by atoms with E-state index in [4.69, 9.17) is 11.0 Å². The van der Waals surface area contributed by atoms with Crippen molar-refractivity contribution in [3.8, 4) is 11.5 Å². The topological polar surface area (TPSA) is 55.5 Å². The zero-order chi connectivity index (χ0) is 6.69. The maximum Gasteiger partial charge on any atom is 0.150 e. The van der Waals surface area contributed by atoms with E-state index >= 15 is 0 Å². The first-order valence-electron chi connectivity index (χ1n) is 2.48. The van der Waals surface area contributed by atoms with Crippen LogP contribution in [0.1, 0.15) is 0 Å². The molecule has 0 fully saturated rings. The SMILES string of the molecule is Cl.Cl.Cl.NOc1cccc(O)c1. The Morgan fingerprint density at radius 3 is 2.08 bits per heavy atom. The Morgan fingerprint density at radius 2 is 1.75 bits per heavy atom. The molecule has 0 atom stereocenters. The highest BCUT2D eigenvalue weighted by atomic mass is 35.5. The fraction of sp³-hybridized carbons (Fsp3) is 0. The van der Waals surface area contributed by atoms with Crippen molar-refractivity contribution in [2.45, 2.75) is 0 Å². The molecule has 0 radical (unpaired) electrons. The highest BCUT2D eigenvalue weighted by Gasteiger charge is 1.89. The Labute approximate surface area is 89.1 Å². The molecule has 0 aliphatic heterocycles. The third kappa shape index (κ3) is 5.32. The van der Waals surface area contributed by atoms with E-state index in [1.807, 2.05) is 0 Å². The molecule has 0 amide bonds. The number of phenols is 1. The molecule has 1 aromatic carbocycles. The minimum Gasteiger partial charge on any atom is -0.508 e. The van der Waals surface area contributed by atoms with Gasteiger partial charge >= 0.3 is 0 Å². The molecule has 3 N–H and O–H groups in total. The Kier molecular flexibility index (Phi) is 12.9. The molecule has 6 heteroatoms. The van der Waals surface area contributed by atoms with E-state index in [0.29, 0.717) is 5.75 Å². The van der Waals surface area contributed by atoms with Crippen LogP contribution in [0.5, 0.6) is 11.5 Å². The van der Waals surface area contributed by atoms with Gasteiger partial charge in [0, 0.05) is 6.07 Å². The molecular weight excluding hydrogens is 224 g/mol. The highest BCUT2D eigenvalue weighted by Crippen LogP contribution is 2.15. The van der Waals surface area contributed by atoms with Crippen molar-refractivity contribution in [2.75, 3.05) is 0 Å². The number of halogens is 3. The normalized spacial score (nSPS) is 6.75. The molecular formula is C6H10Cl3NO2. The summed E-state index contributed by atoms with van der Waals surface area (Å²) in [6.07, 6.45) is 0. The van der Waals surface area contributed by atoms with Gasteiger partial charge in [-0.1, -0.05) is 6.07 Å². The smallest absolute Gasteiger partial charge is 0.150 e. The maximum atomic E-state index is 8.81. The monoisotopic (exact) mass is 233 g/mol. The van der Waals surface area contributed by atoms with Crippen molar-refractivity contribution >= 4 is 37.2 Å². The second-order valence-corrected chi connectivity index (χ2v) is 1.62. The van der Waals surface area contributed by atoms with Crippen LogP contribution in [0.15, 0.2) is 24.3 Å². The summed E-state index contributed by atoms with van der Waals surface area (Å²) >= 11 is 0. The number of benzene rings is 1. The van der Waals surface area contributed by atoms with Gasteiger partial charge in [-0.3, -0.25) is 0 Å². The molecule has 3 nitrogen and oxygen atoms in total. The zero-order valence-corrected chi connectivity index (χ0v) is 8.42. The molecule has 72 valence electrons. The molecule has 0 heterocycles. The lowest BCUT2D eigenvalue weighted by molar-refractivity contribution is 0.332. The van der Waals surface area contributed by atoms with Gasteiger partial charge in [0.1, 0.15) is 5.75 Å². The number of phenolic OH excluding ortho intramolecular Hbond substituents is 1. The average Bonchev–Trinajstić information content (AvgIpc) is 1.88. The highest BCUT2D eigenvalue weighted by molar-refractivity contribution is 5.86. The lowest BCUT2D eigenvalue weighted by Crippen LogP contribution is -2.00. The van der Waals surface area contributed by atoms with Gasteiger partial charge < -0.3 is 9.94 Å². The van der Waals surface area contributed by atoms with E-state index in [9.17, 15) is 0 Å². The molecule has 0 spiro atoms. The summed E-state index contributed by atoms with van der Waals surface area (Å²) in [7, 11) is 0. The third-order valence-corrected chi connectivity index (χ3v) is 0.954. The van der Waals surface area contributed by atoms with E-state index in [1.165, 1.54) is 6.07 Å². The first-order chi connectivity index (χ1) is 4.33. The van der Waals surface area contributed by atoms with Crippen LogP contribution >= 0.6 is 37.2 Å². The second kappa shape index (κ2) is 8.74. The van der Waals surface area contributed by atoms with Crippen molar-refractivity contribution in [1.82, 2.24) is 0 Å². The molecule has 0 saturated carbocycles. The molecule has 1 rings (SSSR count). The van der Waals surface area contributed by atoms with Crippen LogP contribution in [0.3, 0.4) is 0 Å². The number of aromatic hydroxyl groups is 1. The largest absolute Gasteiger partial charge is 0.508 e. The fourth-order valence-electron chi connectivity index (χ4n) is 0.557. The Balaban J connectivity index is -0.000000270. The first kappa shape index (κ1) is 17.7. The van der Waals surface area contributed by atoms with Gasteiger partial charge in [0.25, 0.3) is 0 Å². The average molecular weight is 235 g/mol. The molecule has 0 saturated heterocycles. The van der Waals surface area contributed by atoms with Gasteiger partial charge in [-0.2, -0.15) is 5.90 Å². The van der Waals surface area contributed by atoms with Crippen molar-refractivity contribution in [2.24, 2.45) is 5.90 Å². The predicted molar refractivity (Wildman–Crippen MR) is 54.7 cm³/mol. The van der Waals surface area contributed by atoms with E-state index in [2.05, 4.69) is 4.84 Å². The standard InChI is InChI=1S/C6H7NO2.3ClH/c7-9-6-3-1-2-5(8)4-6;;;/h1-4,8H,7H2;3*1H. The summed E-state index contributed by atoms with van der Waals surface area (Å²) < 4.78 is 0. The Hall–Kier alpha value is -0.350. The quantitative estimate of drug-likeness (QED) is 0.730. The number of nitrogens with two attached hydrogens (primary N) is 1. The van der Waals surface area contributed by atoms with E-state index in [1.54, 1.807) is 18.2 Å².